The minimum atomic E-state index is -3.64. The Kier molecular flexibility index (Phi) is 7.06. The molecule has 1 fully saturated rings. The van der Waals surface area contributed by atoms with E-state index < -0.39 is 10.0 Å². The molecular weight excluding hydrogens is 344 g/mol. The molecule has 8 heteroatoms. The van der Waals surface area contributed by atoms with E-state index in [1.807, 2.05) is 19.0 Å². The van der Waals surface area contributed by atoms with E-state index in [2.05, 4.69) is 0 Å². The van der Waals surface area contributed by atoms with Crippen molar-refractivity contribution in [3.8, 4) is 11.5 Å². The molecule has 0 N–H and O–H groups in total. The number of benzene rings is 1. The van der Waals surface area contributed by atoms with Crippen LogP contribution in [0.4, 0.5) is 0 Å². The van der Waals surface area contributed by atoms with Crippen molar-refractivity contribution >= 4 is 10.0 Å². The maximum Gasteiger partial charge on any atom is 0.243 e. The molecule has 1 saturated heterocycles. The highest BCUT2D eigenvalue weighted by atomic mass is 32.2. The Labute approximate surface area is 150 Å². The maximum atomic E-state index is 13.3. The maximum absolute atomic E-state index is 13.3. The van der Waals surface area contributed by atoms with E-state index in [0.717, 1.165) is 0 Å². The second-order valence-corrected chi connectivity index (χ2v) is 8.17. The zero-order valence-electron chi connectivity index (χ0n) is 15.4. The van der Waals surface area contributed by atoms with Crippen molar-refractivity contribution in [1.82, 2.24) is 9.21 Å². The summed E-state index contributed by atoms with van der Waals surface area (Å²) in [5.74, 6) is 0.912. The quantitative estimate of drug-likeness (QED) is 0.688. The first kappa shape index (κ1) is 20.0. The number of sulfonamides is 1. The number of ether oxygens (including phenoxy) is 3. The highest BCUT2D eigenvalue weighted by Gasteiger charge is 2.33. The molecule has 0 aromatic heterocycles. The summed E-state index contributed by atoms with van der Waals surface area (Å²) in [7, 11) is 3.25. The Bertz CT molecular complexity index is 657. The third-order valence-corrected chi connectivity index (χ3v) is 6.28. The van der Waals surface area contributed by atoms with Gasteiger partial charge in [0, 0.05) is 38.4 Å². The number of likely N-dealkylation sites (N-methyl/N-ethyl adjacent to an activating group) is 1. The Morgan fingerprint density at radius 1 is 1.08 bits per heavy atom. The average Bonchev–Trinajstić information content (AvgIpc) is 2.61. The van der Waals surface area contributed by atoms with E-state index in [0.29, 0.717) is 50.6 Å². The van der Waals surface area contributed by atoms with Gasteiger partial charge in [0.25, 0.3) is 0 Å². The van der Waals surface area contributed by atoms with Crippen molar-refractivity contribution < 1.29 is 22.6 Å². The van der Waals surface area contributed by atoms with Gasteiger partial charge in [0.2, 0.25) is 10.0 Å². The lowest BCUT2D eigenvalue weighted by Gasteiger charge is -2.34. The predicted molar refractivity (Wildman–Crippen MR) is 95.8 cm³/mol. The summed E-state index contributed by atoms with van der Waals surface area (Å²) in [4.78, 5) is 2.20. The molecule has 0 atom stereocenters. The normalized spacial score (nSPS) is 16.4. The van der Waals surface area contributed by atoms with Crippen molar-refractivity contribution in [2.75, 3.05) is 54.6 Å². The molecule has 1 aliphatic heterocycles. The lowest BCUT2D eigenvalue weighted by molar-refractivity contribution is 0.0573. The van der Waals surface area contributed by atoms with Gasteiger partial charge in [0.05, 0.1) is 19.1 Å². The van der Waals surface area contributed by atoms with E-state index in [4.69, 9.17) is 14.2 Å². The fourth-order valence-corrected chi connectivity index (χ4v) is 4.58. The van der Waals surface area contributed by atoms with E-state index in [1.54, 1.807) is 16.4 Å². The van der Waals surface area contributed by atoms with Crippen LogP contribution in [0.15, 0.2) is 23.1 Å². The SMILES string of the molecule is COc1ccc(S(=O)(=O)N(CCN(C)C)C2CCOCC2)cc1OC. The summed E-state index contributed by atoms with van der Waals surface area (Å²) < 4.78 is 44.0. The third kappa shape index (κ3) is 4.84. The van der Waals surface area contributed by atoms with E-state index in [1.165, 1.54) is 20.3 Å². The largest absolute Gasteiger partial charge is 0.493 e. The summed E-state index contributed by atoms with van der Waals surface area (Å²) in [6, 6.07) is 4.67. The first-order valence-corrected chi connectivity index (χ1v) is 9.80. The highest BCUT2D eigenvalue weighted by molar-refractivity contribution is 7.89. The van der Waals surface area contributed by atoms with Crippen LogP contribution in [0.5, 0.6) is 11.5 Å². The lowest BCUT2D eigenvalue weighted by atomic mass is 10.1. The standard InChI is InChI=1S/C17H28N2O5S/c1-18(2)9-10-19(14-7-11-24-12-8-14)25(20,21)15-5-6-16(22-3)17(13-15)23-4/h5-6,13-14H,7-12H2,1-4H3. The van der Waals surface area contributed by atoms with Crippen LogP contribution in [-0.2, 0) is 14.8 Å². The smallest absolute Gasteiger partial charge is 0.243 e. The minimum Gasteiger partial charge on any atom is -0.493 e. The second kappa shape index (κ2) is 8.84. The second-order valence-electron chi connectivity index (χ2n) is 6.28. The molecule has 0 aliphatic carbocycles. The molecule has 0 bridgehead atoms. The van der Waals surface area contributed by atoms with Crippen LogP contribution in [0.3, 0.4) is 0 Å². The molecule has 25 heavy (non-hydrogen) atoms. The molecule has 0 unspecified atom stereocenters. The van der Waals surface area contributed by atoms with Gasteiger partial charge in [-0.15, -0.1) is 0 Å². The molecule has 1 aromatic rings. The van der Waals surface area contributed by atoms with Crippen LogP contribution in [0.2, 0.25) is 0 Å². The molecule has 1 heterocycles. The topological polar surface area (TPSA) is 68.3 Å². The number of hydrogen-bond acceptors (Lipinski definition) is 6. The van der Waals surface area contributed by atoms with Crippen molar-refractivity contribution in [2.45, 2.75) is 23.8 Å². The molecule has 1 aliphatic rings. The Morgan fingerprint density at radius 2 is 1.72 bits per heavy atom. The van der Waals surface area contributed by atoms with E-state index >= 15 is 0 Å². The van der Waals surface area contributed by atoms with Gasteiger partial charge in [-0.05, 0) is 39.1 Å². The number of methoxy groups -OCH3 is 2. The van der Waals surface area contributed by atoms with Crippen LogP contribution in [0, 0.1) is 0 Å². The number of hydrogen-bond donors (Lipinski definition) is 0. The first-order chi connectivity index (χ1) is 11.9. The molecule has 1 aromatic carbocycles. The summed E-state index contributed by atoms with van der Waals surface area (Å²) in [5.41, 5.74) is 0. The Balaban J connectivity index is 2.35. The first-order valence-electron chi connectivity index (χ1n) is 8.36. The number of rotatable bonds is 8. The summed E-state index contributed by atoms with van der Waals surface area (Å²) >= 11 is 0. The van der Waals surface area contributed by atoms with Crippen molar-refractivity contribution in [3.05, 3.63) is 18.2 Å². The van der Waals surface area contributed by atoms with Gasteiger partial charge in [0.1, 0.15) is 0 Å². The fraction of sp³-hybridized carbons (Fsp3) is 0.647. The minimum absolute atomic E-state index is 0.0493. The van der Waals surface area contributed by atoms with Crippen LogP contribution in [-0.4, -0.2) is 78.3 Å². The van der Waals surface area contributed by atoms with Crippen LogP contribution in [0.1, 0.15) is 12.8 Å². The summed E-state index contributed by atoms with van der Waals surface area (Å²) in [6.07, 6.45) is 1.42. The molecule has 0 radical (unpaired) electrons. The lowest BCUT2D eigenvalue weighted by Crippen LogP contribution is -2.46. The van der Waals surface area contributed by atoms with Crippen molar-refractivity contribution in [3.63, 3.8) is 0 Å². The van der Waals surface area contributed by atoms with E-state index in [9.17, 15) is 8.42 Å². The predicted octanol–water partition coefficient (Wildman–Crippen LogP) is 1.44. The monoisotopic (exact) mass is 372 g/mol. The Hall–Kier alpha value is -1.35. The van der Waals surface area contributed by atoms with Gasteiger partial charge in [-0.2, -0.15) is 4.31 Å². The molecule has 2 rings (SSSR count). The average molecular weight is 372 g/mol. The number of nitrogens with zero attached hydrogens (tertiary/aromatic N) is 2. The molecule has 0 spiro atoms. The zero-order valence-corrected chi connectivity index (χ0v) is 16.2. The Morgan fingerprint density at radius 3 is 2.28 bits per heavy atom. The van der Waals surface area contributed by atoms with Gasteiger partial charge < -0.3 is 19.1 Å². The van der Waals surface area contributed by atoms with Gasteiger partial charge >= 0.3 is 0 Å². The zero-order chi connectivity index (χ0) is 18.4. The molecule has 142 valence electrons. The van der Waals surface area contributed by atoms with Gasteiger partial charge in [-0.25, -0.2) is 8.42 Å². The van der Waals surface area contributed by atoms with Gasteiger partial charge in [-0.1, -0.05) is 0 Å². The van der Waals surface area contributed by atoms with Crippen LogP contribution < -0.4 is 9.47 Å². The summed E-state index contributed by atoms with van der Waals surface area (Å²) in [5, 5.41) is 0. The van der Waals surface area contributed by atoms with Gasteiger partial charge in [0.15, 0.2) is 11.5 Å². The van der Waals surface area contributed by atoms with Gasteiger partial charge in [-0.3, -0.25) is 0 Å². The highest BCUT2D eigenvalue weighted by Crippen LogP contribution is 2.32. The third-order valence-electron chi connectivity index (χ3n) is 4.33. The summed E-state index contributed by atoms with van der Waals surface area (Å²) in [6.45, 7) is 2.27. The molecular formula is C17H28N2O5S. The van der Waals surface area contributed by atoms with Crippen molar-refractivity contribution in [1.29, 1.82) is 0 Å². The fourth-order valence-electron chi connectivity index (χ4n) is 2.88. The molecule has 7 nitrogen and oxygen atoms in total. The molecule has 0 amide bonds. The van der Waals surface area contributed by atoms with E-state index in [-0.39, 0.29) is 10.9 Å². The van der Waals surface area contributed by atoms with Crippen LogP contribution in [0.25, 0.3) is 0 Å². The molecule has 0 saturated carbocycles. The van der Waals surface area contributed by atoms with Crippen molar-refractivity contribution in [2.24, 2.45) is 0 Å². The van der Waals surface area contributed by atoms with Crippen LogP contribution >= 0.6 is 0 Å².